The predicted molar refractivity (Wildman–Crippen MR) is 143 cm³/mol. The zero-order valence-corrected chi connectivity index (χ0v) is 21.8. The van der Waals surface area contributed by atoms with Crippen LogP contribution in [0, 0.1) is 28.5 Å². The van der Waals surface area contributed by atoms with Crippen molar-refractivity contribution < 1.29 is 9.50 Å². The first-order valence-corrected chi connectivity index (χ1v) is 13.6. The Morgan fingerprint density at radius 3 is 2.67 bits per heavy atom. The van der Waals surface area contributed by atoms with Crippen molar-refractivity contribution in [3.05, 3.63) is 66.1 Å². The molecule has 3 unspecified atom stereocenters. The van der Waals surface area contributed by atoms with E-state index >= 15 is 0 Å². The Bertz CT molecular complexity index is 1650. The van der Waals surface area contributed by atoms with Crippen molar-refractivity contribution >= 4 is 11.0 Å². The van der Waals surface area contributed by atoms with Crippen LogP contribution in [0.25, 0.3) is 22.3 Å². The molecule has 3 aliphatic heterocycles. The van der Waals surface area contributed by atoms with Gasteiger partial charge in [-0.05, 0) is 55.5 Å². The predicted octanol–water partition coefficient (Wildman–Crippen LogP) is 3.44. The fraction of sp³-hybridized carbons (Fsp3) is 0.414. The molecule has 0 aliphatic carbocycles. The zero-order chi connectivity index (χ0) is 27.4. The molecule has 4 aromatic rings. The quantitative estimate of drug-likeness (QED) is 0.382. The first-order chi connectivity index (χ1) is 19.5. The summed E-state index contributed by atoms with van der Waals surface area (Å²) in [5.74, 6) is -0.510. The number of halogens is 1. The number of aromatic amines is 1. The average Bonchev–Trinajstić information content (AvgIpc) is 3.67. The number of likely N-dealkylation sites (tertiary alicyclic amines) is 1. The molecular formula is C29H28FN9O. The second-order valence-electron chi connectivity index (χ2n) is 11.3. The second kappa shape index (κ2) is 9.49. The van der Waals surface area contributed by atoms with Crippen LogP contribution in [0.15, 0.2) is 49.2 Å². The molecular weight excluding hydrogens is 509 g/mol. The van der Waals surface area contributed by atoms with E-state index in [0.29, 0.717) is 18.0 Å². The largest absolute Gasteiger partial charge is 0.374 e. The van der Waals surface area contributed by atoms with Crippen molar-refractivity contribution in [1.82, 2.24) is 34.5 Å². The number of hydrogen-bond acceptors (Lipinski definition) is 8. The van der Waals surface area contributed by atoms with Crippen LogP contribution in [0.1, 0.15) is 49.5 Å². The van der Waals surface area contributed by atoms with Crippen molar-refractivity contribution in [1.29, 1.82) is 10.5 Å². The zero-order valence-electron chi connectivity index (χ0n) is 21.8. The van der Waals surface area contributed by atoms with Gasteiger partial charge in [0.1, 0.15) is 29.6 Å². The fourth-order valence-electron chi connectivity index (χ4n) is 7.14. The standard InChI is InChI=1S/C29H28FN9O/c30-21-8-18(12-32)7-19(9-21)28(40)39-22-1-2-23(39)11-24(10-22)37-15-29(16-37,4-5-31)38-14-20(13-36-38)26-25-3-6-33-27(25)35-17-34-26/h3,6-9,13-14,17,22-24,28,40H,1-2,4,10-11,15-16H2,(H,33,34,35). The Morgan fingerprint density at radius 1 is 1.12 bits per heavy atom. The number of H-pyrrole nitrogens is 1. The molecule has 0 radical (unpaired) electrons. The van der Waals surface area contributed by atoms with Crippen LogP contribution in [-0.2, 0) is 5.54 Å². The summed E-state index contributed by atoms with van der Waals surface area (Å²) in [5.41, 5.74) is 2.71. The van der Waals surface area contributed by atoms with Crippen molar-refractivity contribution in [2.24, 2.45) is 0 Å². The number of nitrogens with zero attached hydrogens (tertiary/aromatic N) is 8. The van der Waals surface area contributed by atoms with Gasteiger partial charge in [0.2, 0.25) is 0 Å². The third kappa shape index (κ3) is 3.97. The van der Waals surface area contributed by atoms with Gasteiger partial charge < -0.3 is 10.1 Å². The van der Waals surface area contributed by atoms with E-state index in [1.165, 1.54) is 18.5 Å². The van der Waals surface area contributed by atoms with E-state index in [-0.39, 0.29) is 17.6 Å². The summed E-state index contributed by atoms with van der Waals surface area (Å²) in [7, 11) is 0. The van der Waals surface area contributed by atoms with Crippen LogP contribution in [0.5, 0.6) is 0 Å². The highest BCUT2D eigenvalue weighted by Gasteiger charge is 2.52. The lowest BCUT2D eigenvalue weighted by atomic mass is 9.82. The Labute approximate surface area is 230 Å². The Hall–Kier alpha value is -4.16. The van der Waals surface area contributed by atoms with Gasteiger partial charge in [-0.2, -0.15) is 15.6 Å². The van der Waals surface area contributed by atoms with Gasteiger partial charge in [-0.25, -0.2) is 14.4 Å². The molecule has 2 bridgehead atoms. The molecule has 7 rings (SSSR count). The number of fused-ring (bicyclic) bond motifs is 3. The number of benzene rings is 1. The molecule has 40 heavy (non-hydrogen) atoms. The molecule has 11 heteroatoms. The summed E-state index contributed by atoms with van der Waals surface area (Å²) in [5, 5.41) is 35.7. The Kier molecular flexibility index (Phi) is 5.90. The number of nitrogens with one attached hydrogen (secondary N) is 1. The minimum absolute atomic E-state index is 0.177. The van der Waals surface area contributed by atoms with Crippen LogP contribution in [0.3, 0.4) is 0 Å². The highest BCUT2D eigenvalue weighted by atomic mass is 19.1. The summed E-state index contributed by atoms with van der Waals surface area (Å²) < 4.78 is 16.0. The molecule has 202 valence electrons. The minimum atomic E-state index is -0.939. The molecule has 0 saturated carbocycles. The lowest BCUT2D eigenvalue weighted by Gasteiger charge is -2.55. The van der Waals surface area contributed by atoms with Crippen LogP contribution >= 0.6 is 0 Å². The van der Waals surface area contributed by atoms with E-state index in [4.69, 9.17) is 0 Å². The molecule has 3 saturated heterocycles. The summed E-state index contributed by atoms with van der Waals surface area (Å²) in [6.07, 6.45) is 10.3. The van der Waals surface area contributed by atoms with Crippen molar-refractivity contribution in [3.63, 3.8) is 0 Å². The lowest BCUT2D eigenvalue weighted by molar-refractivity contribution is -0.0948. The van der Waals surface area contributed by atoms with E-state index in [1.807, 2.05) is 29.2 Å². The number of nitriles is 2. The Balaban J connectivity index is 1.07. The van der Waals surface area contributed by atoms with Gasteiger partial charge in [0.05, 0.1) is 36.0 Å². The molecule has 3 fully saturated rings. The summed E-state index contributed by atoms with van der Waals surface area (Å²) >= 11 is 0. The van der Waals surface area contributed by atoms with E-state index in [0.717, 1.165) is 61.1 Å². The molecule has 2 N–H and O–H groups in total. The number of hydrogen-bond donors (Lipinski definition) is 2. The molecule has 10 nitrogen and oxygen atoms in total. The monoisotopic (exact) mass is 537 g/mol. The van der Waals surface area contributed by atoms with Crippen LogP contribution in [0.2, 0.25) is 0 Å². The topological polar surface area (TPSA) is 134 Å². The maximum absolute atomic E-state index is 14.1. The third-order valence-corrected chi connectivity index (χ3v) is 9.01. The maximum Gasteiger partial charge on any atom is 0.141 e. The van der Waals surface area contributed by atoms with E-state index in [2.05, 4.69) is 35.9 Å². The molecule has 3 atom stereocenters. The van der Waals surface area contributed by atoms with E-state index in [9.17, 15) is 20.0 Å². The highest BCUT2D eigenvalue weighted by molar-refractivity contribution is 5.90. The number of aromatic nitrogens is 5. The second-order valence-corrected chi connectivity index (χ2v) is 11.3. The average molecular weight is 538 g/mol. The van der Waals surface area contributed by atoms with Crippen LogP contribution in [-0.4, -0.2) is 70.9 Å². The van der Waals surface area contributed by atoms with Crippen LogP contribution in [0.4, 0.5) is 4.39 Å². The number of piperidine rings is 1. The third-order valence-electron chi connectivity index (χ3n) is 9.01. The van der Waals surface area contributed by atoms with Crippen molar-refractivity contribution in [2.45, 2.75) is 62.0 Å². The van der Waals surface area contributed by atoms with Gasteiger partial charge >= 0.3 is 0 Å². The normalized spacial score (nSPS) is 24.9. The van der Waals surface area contributed by atoms with E-state index < -0.39 is 17.6 Å². The van der Waals surface area contributed by atoms with Crippen LogP contribution < -0.4 is 0 Å². The number of rotatable bonds is 6. The van der Waals surface area contributed by atoms with Gasteiger partial charge in [0.15, 0.2) is 0 Å². The minimum Gasteiger partial charge on any atom is -0.374 e. The van der Waals surface area contributed by atoms with Gasteiger partial charge in [-0.3, -0.25) is 14.5 Å². The number of aliphatic hydroxyl groups excluding tert-OH is 1. The number of aliphatic hydroxyl groups is 1. The summed E-state index contributed by atoms with van der Waals surface area (Å²) in [6, 6.07) is 11.1. The molecule has 6 heterocycles. The van der Waals surface area contributed by atoms with E-state index in [1.54, 1.807) is 12.3 Å². The summed E-state index contributed by atoms with van der Waals surface area (Å²) in [6.45, 7) is 1.46. The molecule has 3 aromatic heterocycles. The Morgan fingerprint density at radius 2 is 1.93 bits per heavy atom. The molecule has 0 spiro atoms. The molecule has 1 aromatic carbocycles. The van der Waals surface area contributed by atoms with Gasteiger partial charge in [0.25, 0.3) is 0 Å². The fourth-order valence-corrected chi connectivity index (χ4v) is 7.14. The maximum atomic E-state index is 14.1. The van der Waals surface area contributed by atoms with Crippen molar-refractivity contribution in [3.8, 4) is 23.4 Å². The van der Waals surface area contributed by atoms with Gasteiger partial charge in [0, 0.05) is 54.6 Å². The first kappa shape index (κ1) is 24.9. The van der Waals surface area contributed by atoms with Crippen molar-refractivity contribution in [2.75, 3.05) is 13.1 Å². The molecule has 0 amide bonds. The molecule has 3 aliphatic rings. The lowest BCUT2D eigenvalue weighted by Crippen LogP contribution is -2.67. The first-order valence-electron chi connectivity index (χ1n) is 13.6. The highest BCUT2D eigenvalue weighted by Crippen LogP contribution is 2.45. The smallest absolute Gasteiger partial charge is 0.141 e. The van der Waals surface area contributed by atoms with Gasteiger partial charge in [-0.15, -0.1) is 0 Å². The SMILES string of the molecule is N#CCC1(n2cc(-c3ncnc4[nH]ccc34)cn2)CN(C2CC3CCC(C2)N3C(O)c2cc(F)cc(C#N)c2)C1. The summed E-state index contributed by atoms with van der Waals surface area (Å²) in [4.78, 5) is 16.4. The van der Waals surface area contributed by atoms with Gasteiger partial charge in [-0.1, -0.05) is 0 Å².